The van der Waals surface area contributed by atoms with E-state index in [2.05, 4.69) is 33.9 Å². The molecule has 0 spiro atoms. The Bertz CT molecular complexity index is 699. The summed E-state index contributed by atoms with van der Waals surface area (Å²) in [5, 5.41) is 0.0326. The van der Waals surface area contributed by atoms with Gasteiger partial charge in [-0.3, -0.25) is 9.59 Å². The average molecular weight is 421 g/mol. The van der Waals surface area contributed by atoms with Gasteiger partial charge in [0.2, 0.25) is 0 Å². The molecular formula is C23H36O5Si. The standard InChI is InChI=1S/C23H36O5Si/c1-17(2)22(27-15-18-9-12-20(26-6)13-10-18)21(25)14-11-19(24)16-28-29(7,8)23(3,4)5/h9-14,17,22H,15-16H2,1-8H3/b14-11+. The molecule has 0 amide bonds. The molecule has 0 bridgehead atoms. The summed E-state index contributed by atoms with van der Waals surface area (Å²) in [4.78, 5) is 24.7. The molecule has 1 aromatic carbocycles. The van der Waals surface area contributed by atoms with Gasteiger partial charge in [-0.2, -0.15) is 0 Å². The number of ketones is 2. The fourth-order valence-electron chi connectivity index (χ4n) is 2.30. The lowest BCUT2D eigenvalue weighted by Gasteiger charge is -2.35. The number of hydrogen-bond acceptors (Lipinski definition) is 5. The van der Waals surface area contributed by atoms with Crippen LogP contribution in [0.3, 0.4) is 0 Å². The number of ether oxygens (including phenoxy) is 2. The molecule has 0 aliphatic heterocycles. The van der Waals surface area contributed by atoms with Crippen LogP contribution < -0.4 is 4.74 Å². The Kier molecular flexibility index (Phi) is 9.46. The molecule has 0 radical (unpaired) electrons. The third kappa shape index (κ3) is 8.24. The van der Waals surface area contributed by atoms with Crippen LogP contribution in [0.15, 0.2) is 36.4 Å². The van der Waals surface area contributed by atoms with Crippen molar-refractivity contribution in [2.45, 2.75) is 65.5 Å². The fraction of sp³-hybridized carbons (Fsp3) is 0.565. The summed E-state index contributed by atoms with van der Waals surface area (Å²) < 4.78 is 16.9. The van der Waals surface area contributed by atoms with Gasteiger partial charge < -0.3 is 13.9 Å². The molecule has 6 heteroatoms. The zero-order chi connectivity index (χ0) is 22.2. The van der Waals surface area contributed by atoms with Crippen molar-refractivity contribution in [2.75, 3.05) is 13.7 Å². The maximum absolute atomic E-state index is 12.6. The zero-order valence-electron chi connectivity index (χ0n) is 19.1. The third-order valence-corrected chi connectivity index (χ3v) is 9.77. The summed E-state index contributed by atoms with van der Waals surface area (Å²) >= 11 is 0. The van der Waals surface area contributed by atoms with Gasteiger partial charge in [-0.15, -0.1) is 0 Å². The van der Waals surface area contributed by atoms with Gasteiger partial charge in [-0.1, -0.05) is 46.8 Å². The number of benzene rings is 1. The van der Waals surface area contributed by atoms with E-state index < -0.39 is 14.4 Å². The number of carbonyl (C=O) groups is 2. The lowest BCUT2D eigenvalue weighted by molar-refractivity contribution is -0.129. The van der Waals surface area contributed by atoms with E-state index in [1.54, 1.807) is 7.11 Å². The lowest BCUT2D eigenvalue weighted by Crippen LogP contribution is -2.41. The minimum absolute atomic E-state index is 0.000672. The molecule has 0 fully saturated rings. The first kappa shape index (κ1) is 25.3. The van der Waals surface area contributed by atoms with Crippen LogP contribution in [0, 0.1) is 5.92 Å². The Labute approximate surface area is 176 Å². The first-order valence-corrected chi connectivity index (χ1v) is 12.9. The van der Waals surface area contributed by atoms with E-state index in [1.165, 1.54) is 12.2 Å². The molecule has 0 saturated heterocycles. The van der Waals surface area contributed by atoms with Crippen LogP contribution in [0.5, 0.6) is 5.75 Å². The van der Waals surface area contributed by atoms with E-state index in [4.69, 9.17) is 13.9 Å². The van der Waals surface area contributed by atoms with Gasteiger partial charge in [0.05, 0.1) is 20.3 Å². The van der Waals surface area contributed by atoms with Gasteiger partial charge in [0.1, 0.15) is 11.9 Å². The average Bonchev–Trinajstić information content (AvgIpc) is 2.64. The smallest absolute Gasteiger partial charge is 0.192 e. The van der Waals surface area contributed by atoms with Gasteiger partial charge in [0.15, 0.2) is 19.9 Å². The van der Waals surface area contributed by atoms with E-state index in [9.17, 15) is 9.59 Å². The number of rotatable bonds is 11. The van der Waals surface area contributed by atoms with Crippen LogP contribution in [-0.4, -0.2) is 39.7 Å². The molecule has 1 aromatic rings. The predicted octanol–water partition coefficient (Wildman–Crippen LogP) is 4.95. The molecule has 1 unspecified atom stereocenters. The summed E-state index contributed by atoms with van der Waals surface area (Å²) in [7, 11) is -0.379. The Hall–Kier alpha value is -1.76. The Morgan fingerprint density at radius 3 is 2.14 bits per heavy atom. The molecule has 0 heterocycles. The molecule has 0 aliphatic rings. The Morgan fingerprint density at radius 1 is 1.07 bits per heavy atom. The third-order valence-electron chi connectivity index (χ3n) is 5.29. The van der Waals surface area contributed by atoms with Crippen LogP contribution >= 0.6 is 0 Å². The predicted molar refractivity (Wildman–Crippen MR) is 119 cm³/mol. The second-order valence-corrected chi connectivity index (χ2v) is 13.9. The minimum Gasteiger partial charge on any atom is -0.497 e. The van der Waals surface area contributed by atoms with Crippen molar-refractivity contribution in [1.29, 1.82) is 0 Å². The first-order chi connectivity index (χ1) is 13.4. The molecular weight excluding hydrogens is 384 g/mol. The SMILES string of the molecule is COc1ccc(COC(C(=O)/C=C/C(=O)CO[Si](C)(C)C(C)(C)C)C(C)C)cc1. The molecule has 0 saturated carbocycles. The fourth-order valence-corrected chi connectivity index (χ4v) is 3.23. The van der Waals surface area contributed by atoms with Crippen molar-refractivity contribution in [3.05, 3.63) is 42.0 Å². The molecule has 0 aromatic heterocycles. The van der Waals surface area contributed by atoms with Crippen LogP contribution in [0.2, 0.25) is 18.1 Å². The molecule has 29 heavy (non-hydrogen) atoms. The first-order valence-electron chi connectivity index (χ1n) is 10.0. The highest BCUT2D eigenvalue weighted by molar-refractivity contribution is 6.74. The lowest BCUT2D eigenvalue weighted by atomic mass is 10.0. The molecule has 1 atom stereocenters. The van der Waals surface area contributed by atoms with Gasteiger partial charge in [0, 0.05) is 0 Å². The molecule has 5 nitrogen and oxygen atoms in total. The van der Waals surface area contributed by atoms with E-state index in [0.717, 1.165) is 11.3 Å². The maximum Gasteiger partial charge on any atom is 0.192 e. The highest BCUT2D eigenvalue weighted by Crippen LogP contribution is 2.36. The topological polar surface area (TPSA) is 61.8 Å². The quantitative estimate of drug-likeness (QED) is 0.374. The molecule has 0 N–H and O–H groups in total. The number of hydrogen-bond donors (Lipinski definition) is 0. The molecule has 0 aliphatic carbocycles. The van der Waals surface area contributed by atoms with Crippen molar-refractivity contribution < 1.29 is 23.5 Å². The summed E-state index contributed by atoms with van der Waals surface area (Å²) in [5.74, 6) is 0.339. The van der Waals surface area contributed by atoms with E-state index in [-0.39, 0.29) is 29.1 Å². The van der Waals surface area contributed by atoms with E-state index in [1.807, 2.05) is 38.1 Å². The largest absolute Gasteiger partial charge is 0.497 e. The number of methoxy groups -OCH3 is 1. The van der Waals surface area contributed by atoms with E-state index >= 15 is 0 Å². The molecule has 162 valence electrons. The van der Waals surface area contributed by atoms with Crippen LogP contribution in [0.1, 0.15) is 40.2 Å². The highest BCUT2D eigenvalue weighted by Gasteiger charge is 2.37. The van der Waals surface area contributed by atoms with Gasteiger partial charge in [-0.25, -0.2) is 0 Å². The summed E-state index contributed by atoms with van der Waals surface area (Å²) in [6, 6.07) is 7.51. The maximum atomic E-state index is 12.6. The highest BCUT2D eigenvalue weighted by atomic mass is 28.4. The van der Waals surface area contributed by atoms with Crippen molar-refractivity contribution in [3.8, 4) is 5.75 Å². The van der Waals surface area contributed by atoms with Crippen LogP contribution in [0.4, 0.5) is 0 Å². The van der Waals surface area contributed by atoms with E-state index in [0.29, 0.717) is 6.61 Å². The Morgan fingerprint density at radius 2 is 1.66 bits per heavy atom. The molecule has 1 rings (SSSR count). The Balaban J connectivity index is 2.63. The monoisotopic (exact) mass is 420 g/mol. The van der Waals surface area contributed by atoms with Gasteiger partial charge in [-0.05, 0) is 53.9 Å². The minimum atomic E-state index is -1.99. The van der Waals surface area contributed by atoms with Crippen molar-refractivity contribution in [3.63, 3.8) is 0 Å². The summed E-state index contributed by atoms with van der Waals surface area (Å²) in [5.41, 5.74) is 0.951. The second-order valence-electron chi connectivity index (χ2n) is 9.07. The second kappa shape index (κ2) is 10.9. The van der Waals surface area contributed by atoms with Crippen molar-refractivity contribution >= 4 is 19.9 Å². The zero-order valence-corrected chi connectivity index (χ0v) is 20.1. The number of carbonyl (C=O) groups excluding carboxylic acids is 2. The van der Waals surface area contributed by atoms with Crippen molar-refractivity contribution in [1.82, 2.24) is 0 Å². The van der Waals surface area contributed by atoms with Crippen molar-refractivity contribution in [2.24, 2.45) is 5.92 Å². The summed E-state index contributed by atoms with van der Waals surface area (Å²) in [6.07, 6.45) is 2.01. The van der Waals surface area contributed by atoms with Gasteiger partial charge >= 0.3 is 0 Å². The summed E-state index contributed by atoms with van der Waals surface area (Å²) in [6.45, 7) is 14.7. The van der Waals surface area contributed by atoms with Crippen LogP contribution in [0.25, 0.3) is 0 Å². The van der Waals surface area contributed by atoms with Gasteiger partial charge in [0.25, 0.3) is 0 Å². The van der Waals surface area contributed by atoms with Crippen LogP contribution in [-0.2, 0) is 25.4 Å². The normalized spacial score (nSPS) is 13.7.